The first-order valence-electron chi connectivity index (χ1n) is 6.39. The number of hydrazone groups is 1. The van der Waals surface area contributed by atoms with Crippen LogP contribution in [-0.2, 0) is 14.6 Å². The zero-order chi connectivity index (χ0) is 16.5. The van der Waals surface area contributed by atoms with E-state index >= 15 is 0 Å². The van der Waals surface area contributed by atoms with Crippen LogP contribution < -0.4 is 5.43 Å². The van der Waals surface area contributed by atoms with Crippen LogP contribution in [0.2, 0.25) is 10.0 Å². The van der Waals surface area contributed by atoms with Crippen molar-refractivity contribution in [3.05, 3.63) is 33.6 Å². The number of hydrogen-bond acceptors (Lipinski definition) is 4. The number of carbonyl (C=O) groups excluding carboxylic acids is 1. The number of nitrogens with one attached hydrogen (secondary N) is 1. The molecule has 1 aromatic rings. The van der Waals surface area contributed by atoms with E-state index in [1.54, 1.807) is 6.92 Å². The molecule has 1 aliphatic heterocycles. The monoisotopic (exact) mass is 366 g/mol. The van der Waals surface area contributed by atoms with E-state index in [0.29, 0.717) is 5.56 Å². The van der Waals surface area contributed by atoms with Gasteiger partial charge in [0.05, 0.1) is 33.2 Å². The first kappa shape index (κ1) is 17.2. The molecule has 22 heavy (non-hydrogen) atoms. The van der Waals surface area contributed by atoms with Gasteiger partial charge in [-0.15, -0.1) is 0 Å². The zero-order valence-electron chi connectivity index (χ0n) is 11.6. The van der Waals surface area contributed by atoms with Gasteiger partial charge in [-0.25, -0.2) is 18.2 Å². The molecule has 1 aliphatic rings. The van der Waals surface area contributed by atoms with Crippen LogP contribution in [0.1, 0.15) is 18.9 Å². The molecule has 1 amide bonds. The standard InChI is InChI=1S/C13H13Cl2FN2O3S/c1-7(9-4-12(16)11(15)5-10(9)14)17-18-13(19)8-2-3-22(20,21)6-8/h4-5,8H,2-3,6H2,1H3,(H,18,19)/b17-7-/t8-/m1/s1. The molecule has 0 aliphatic carbocycles. The Balaban J connectivity index is 2.10. The maximum atomic E-state index is 13.4. The molecule has 9 heteroatoms. The van der Waals surface area contributed by atoms with E-state index in [9.17, 15) is 17.6 Å². The smallest absolute Gasteiger partial charge is 0.244 e. The molecule has 1 aromatic carbocycles. The Labute approximate surface area is 137 Å². The third-order valence-corrected chi connectivity index (χ3v) is 5.71. The summed E-state index contributed by atoms with van der Waals surface area (Å²) in [6.45, 7) is 1.54. The van der Waals surface area contributed by atoms with E-state index in [0.717, 1.165) is 6.07 Å². The van der Waals surface area contributed by atoms with Crippen molar-refractivity contribution in [2.75, 3.05) is 11.5 Å². The number of nitrogens with zero attached hydrogens (tertiary/aromatic N) is 1. The Kier molecular flexibility index (Phi) is 5.09. The lowest BCUT2D eigenvalue weighted by atomic mass is 10.1. The summed E-state index contributed by atoms with van der Waals surface area (Å²) in [5, 5.41) is 3.94. The van der Waals surface area contributed by atoms with Crippen LogP contribution in [0.3, 0.4) is 0 Å². The predicted octanol–water partition coefficient (Wildman–Crippen LogP) is 2.41. The number of amides is 1. The summed E-state index contributed by atoms with van der Waals surface area (Å²) in [6.07, 6.45) is 0.277. The van der Waals surface area contributed by atoms with Crippen molar-refractivity contribution >= 4 is 44.7 Å². The molecule has 5 nitrogen and oxygen atoms in total. The predicted molar refractivity (Wildman–Crippen MR) is 83.5 cm³/mol. The van der Waals surface area contributed by atoms with Crippen molar-refractivity contribution in [1.82, 2.24) is 5.43 Å². The average molecular weight is 367 g/mol. The number of halogens is 3. The summed E-state index contributed by atoms with van der Waals surface area (Å²) < 4.78 is 36.1. The summed E-state index contributed by atoms with van der Waals surface area (Å²) in [4.78, 5) is 11.9. The SMILES string of the molecule is C/C(=N/NC(=O)[C@@H]1CCS(=O)(=O)C1)c1cc(F)c(Cl)cc1Cl. The molecule has 0 aromatic heterocycles. The molecule has 2 rings (SSSR count). The number of hydrogen-bond donors (Lipinski definition) is 1. The zero-order valence-corrected chi connectivity index (χ0v) is 13.9. The molecule has 1 heterocycles. The summed E-state index contributed by atoms with van der Waals surface area (Å²) >= 11 is 11.6. The normalized spacial score (nSPS) is 20.9. The average Bonchev–Trinajstić information content (AvgIpc) is 2.80. The molecule has 0 unspecified atom stereocenters. The number of sulfone groups is 1. The first-order chi connectivity index (χ1) is 10.2. The van der Waals surface area contributed by atoms with E-state index in [1.165, 1.54) is 6.07 Å². The van der Waals surface area contributed by atoms with Crippen molar-refractivity contribution in [2.24, 2.45) is 11.0 Å². The quantitative estimate of drug-likeness (QED) is 0.507. The Hall–Kier alpha value is -1.18. The first-order valence-corrected chi connectivity index (χ1v) is 8.97. The fourth-order valence-corrected chi connectivity index (χ4v) is 4.35. The Morgan fingerprint density at radius 1 is 1.36 bits per heavy atom. The second-order valence-corrected chi connectivity index (χ2v) is 8.06. The highest BCUT2D eigenvalue weighted by Crippen LogP contribution is 2.25. The van der Waals surface area contributed by atoms with Gasteiger partial charge in [0.25, 0.3) is 0 Å². The Morgan fingerprint density at radius 2 is 2.05 bits per heavy atom. The molecule has 0 radical (unpaired) electrons. The van der Waals surface area contributed by atoms with Crippen LogP contribution in [-0.4, -0.2) is 31.5 Å². The molecular formula is C13H13Cl2FN2O3S. The van der Waals surface area contributed by atoms with E-state index in [1.807, 2.05) is 0 Å². The molecule has 1 N–H and O–H groups in total. The fraction of sp³-hybridized carbons (Fsp3) is 0.385. The second-order valence-electron chi connectivity index (χ2n) is 5.02. The van der Waals surface area contributed by atoms with Gasteiger partial charge in [-0.05, 0) is 25.5 Å². The number of carbonyl (C=O) groups is 1. The number of rotatable bonds is 3. The maximum Gasteiger partial charge on any atom is 0.244 e. The molecule has 120 valence electrons. The van der Waals surface area contributed by atoms with Gasteiger partial charge in [0.1, 0.15) is 5.82 Å². The second kappa shape index (κ2) is 6.52. The van der Waals surface area contributed by atoms with Crippen molar-refractivity contribution in [3.63, 3.8) is 0 Å². The van der Waals surface area contributed by atoms with Crippen LogP contribution in [0.25, 0.3) is 0 Å². The number of benzene rings is 1. The minimum absolute atomic E-state index is 0.00199. The lowest BCUT2D eigenvalue weighted by Gasteiger charge is -2.08. The topological polar surface area (TPSA) is 75.6 Å². The Bertz CT molecular complexity index is 750. The van der Waals surface area contributed by atoms with Gasteiger partial charge in [-0.2, -0.15) is 5.10 Å². The highest BCUT2D eigenvalue weighted by Gasteiger charge is 2.32. The van der Waals surface area contributed by atoms with Gasteiger partial charge in [-0.3, -0.25) is 4.79 Å². The fourth-order valence-electron chi connectivity index (χ4n) is 2.09. The summed E-state index contributed by atoms with van der Waals surface area (Å²) in [7, 11) is -3.14. The lowest BCUT2D eigenvalue weighted by Crippen LogP contribution is -2.28. The van der Waals surface area contributed by atoms with Gasteiger partial charge in [0.15, 0.2) is 9.84 Å². The van der Waals surface area contributed by atoms with Gasteiger partial charge in [0, 0.05) is 5.56 Å². The molecule has 0 saturated carbocycles. The van der Waals surface area contributed by atoms with Crippen LogP contribution in [0.15, 0.2) is 17.2 Å². The van der Waals surface area contributed by atoms with Crippen LogP contribution in [0, 0.1) is 11.7 Å². The van der Waals surface area contributed by atoms with E-state index in [2.05, 4.69) is 10.5 Å². The van der Waals surface area contributed by atoms with Gasteiger partial charge >= 0.3 is 0 Å². The molecule has 0 bridgehead atoms. The van der Waals surface area contributed by atoms with E-state index < -0.39 is 27.5 Å². The molecule has 1 saturated heterocycles. The third kappa shape index (κ3) is 3.97. The molecular weight excluding hydrogens is 354 g/mol. The summed E-state index contributed by atoms with van der Waals surface area (Å²) in [6, 6.07) is 2.37. The Morgan fingerprint density at radius 3 is 2.64 bits per heavy atom. The van der Waals surface area contributed by atoms with Crippen molar-refractivity contribution in [3.8, 4) is 0 Å². The van der Waals surface area contributed by atoms with E-state index in [-0.39, 0.29) is 33.7 Å². The third-order valence-electron chi connectivity index (χ3n) is 3.34. The van der Waals surface area contributed by atoms with Gasteiger partial charge < -0.3 is 0 Å². The van der Waals surface area contributed by atoms with Crippen molar-refractivity contribution < 1.29 is 17.6 Å². The van der Waals surface area contributed by atoms with Gasteiger partial charge in [-0.1, -0.05) is 23.2 Å². The minimum Gasteiger partial charge on any atom is -0.273 e. The summed E-state index contributed by atoms with van der Waals surface area (Å²) in [5.41, 5.74) is 2.87. The lowest BCUT2D eigenvalue weighted by molar-refractivity contribution is -0.124. The largest absolute Gasteiger partial charge is 0.273 e. The molecule has 1 fully saturated rings. The maximum absolute atomic E-state index is 13.4. The van der Waals surface area contributed by atoms with Gasteiger partial charge in [0.2, 0.25) is 5.91 Å². The van der Waals surface area contributed by atoms with Crippen molar-refractivity contribution in [2.45, 2.75) is 13.3 Å². The van der Waals surface area contributed by atoms with Crippen LogP contribution in [0.5, 0.6) is 0 Å². The summed E-state index contributed by atoms with van der Waals surface area (Å²) in [5.74, 6) is -1.92. The highest BCUT2D eigenvalue weighted by molar-refractivity contribution is 7.91. The molecule has 0 spiro atoms. The minimum atomic E-state index is -3.14. The van der Waals surface area contributed by atoms with Crippen LogP contribution >= 0.6 is 23.2 Å². The van der Waals surface area contributed by atoms with Crippen LogP contribution in [0.4, 0.5) is 4.39 Å². The molecule has 1 atom stereocenters. The highest BCUT2D eigenvalue weighted by atomic mass is 35.5. The van der Waals surface area contributed by atoms with Crippen molar-refractivity contribution in [1.29, 1.82) is 0 Å². The van der Waals surface area contributed by atoms with E-state index in [4.69, 9.17) is 23.2 Å².